The van der Waals surface area contributed by atoms with E-state index in [0.717, 1.165) is 30.0 Å². The van der Waals surface area contributed by atoms with E-state index < -0.39 is 6.09 Å². The minimum absolute atomic E-state index is 0.000230. The Morgan fingerprint density at radius 3 is 2.58 bits per heavy atom. The van der Waals surface area contributed by atoms with Crippen LogP contribution in [0.1, 0.15) is 42.6 Å². The van der Waals surface area contributed by atoms with E-state index in [1.54, 1.807) is 4.90 Å². The van der Waals surface area contributed by atoms with Crippen molar-refractivity contribution in [3.63, 3.8) is 0 Å². The quantitative estimate of drug-likeness (QED) is 0.850. The number of piperazine rings is 1. The monoisotopic (exact) mass is 359 g/mol. The Hall–Kier alpha value is -2.51. The summed E-state index contributed by atoms with van der Waals surface area (Å²) >= 11 is 0. The standard InChI is InChI=1S/C18H25N5O3/c1-10(2)21(3)15-6-13-14(7-19-17(13)24)16(20-15)22-8-11-4-5-12(9-22)23(11)18(25)26/h6,10-12H,4-5,7-9H2,1-3H3,(H,19,24)(H,25,26). The number of hydrogen-bond acceptors (Lipinski definition) is 5. The van der Waals surface area contributed by atoms with Crippen molar-refractivity contribution in [2.24, 2.45) is 0 Å². The number of anilines is 2. The number of amides is 2. The molecule has 2 atom stereocenters. The van der Waals surface area contributed by atoms with E-state index in [-0.39, 0.29) is 24.0 Å². The van der Waals surface area contributed by atoms with Gasteiger partial charge in [-0.1, -0.05) is 0 Å². The van der Waals surface area contributed by atoms with Gasteiger partial charge in [0.1, 0.15) is 11.6 Å². The molecule has 3 aliphatic heterocycles. The summed E-state index contributed by atoms with van der Waals surface area (Å²) in [5, 5.41) is 12.4. The molecular formula is C18H25N5O3. The molecule has 0 saturated carbocycles. The maximum atomic E-state index is 12.3. The fourth-order valence-corrected chi connectivity index (χ4v) is 4.28. The number of rotatable bonds is 3. The van der Waals surface area contributed by atoms with E-state index in [2.05, 4.69) is 29.0 Å². The Morgan fingerprint density at radius 1 is 1.35 bits per heavy atom. The zero-order valence-electron chi connectivity index (χ0n) is 15.4. The molecule has 2 fully saturated rings. The van der Waals surface area contributed by atoms with E-state index in [4.69, 9.17) is 4.98 Å². The van der Waals surface area contributed by atoms with E-state index in [1.807, 2.05) is 13.1 Å². The molecule has 2 N–H and O–H groups in total. The van der Waals surface area contributed by atoms with Crippen molar-refractivity contribution in [3.8, 4) is 0 Å². The van der Waals surface area contributed by atoms with Gasteiger partial charge in [-0.2, -0.15) is 0 Å². The van der Waals surface area contributed by atoms with Gasteiger partial charge in [-0.25, -0.2) is 9.78 Å². The molecule has 140 valence electrons. The van der Waals surface area contributed by atoms with Crippen molar-refractivity contribution >= 4 is 23.6 Å². The SMILES string of the molecule is CC(C)N(C)c1cc2c(c(N3CC4CCC(C3)N4C(=O)O)n1)CNC2=O. The zero-order valence-corrected chi connectivity index (χ0v) is 15.4. The van der Waals surface area contributed by atoms with Crippen LogP contribution in [-0.4, -0.2) is 65.3 Å². The smallest absolute Gasteiger partial charge is 0.407 e. The lowest BCUT2D eigenvalue weighted by molar-refractivity contribution is 0.0965. The van der Waals surface area contributed by atoms with Crippen molar-refractivity contribution < 1.29 is 14.7 Å². The zero-order chi connectivity index (χ0) is 18.6. The molecule has 8 nitrogen and oxygen atoms in total. The number of nitrogens with one attached hydrogen (secondary N) is 1. The van der Waals surface area contributed by atoms with Gasteiger partial charge in [-0.3, -0.25) is 9.69 Å². The van der Waals surface area contributed by atoms with Gasteiger partial charge in [0.15, 0.2) is 0 Å². The van der Waals surface area contributed by atoms with Crippen LogP contribution in [0.2, 0.25) is 0 Å². The van der Waals surface area contributed by atoms with E-state index in [9.17, 15) is 14.7 Å². The molecule has 0 aromatic carbocycles. The summed E-state index contributed by atoms with van der Waals surface area (Å²) in [4.78, 5) is 34.5. The second kappa shape index (κ2) is 6.03. The number of carbonyl (C=O) groups is 2. The first-order chi connectivity index (χ1) is 12.4. The van der Waals surface area contributed by atoms with Crippen molar-refractivity contribution in [1.29, 1.82) is 0 Å². The molecule has 3 aliphatic rings. The lowest BCUT2D eigenvalue weighted by Crippen LogP contribution is -2.56. The Bertz CT molecular complexity index is 751. The number of pyridine rings is 1. The second-order valence-electron chi connectivity index (χ2n) is 7.70. The molecule has 0 radical (unpaired) electrons. The number of carboxylic acid groups (broad SMARTS) is 1. The van der Waals surface area contributed by atoms with Crippen LogP contribution in [0.25, 0.3) is 0 Å². The Kier molecular flexibility index (Phi) is 3.93. The van der Waals surface area contributed by atoms with Gasteiger partial charge in [-0.05, 0) is 32.8 Å². The Labute approximate surface area is 152 Å². The van der Waals surface area contributed by atoms with E-state index >= 15 is 0 Å². The van der Waals surface area contributed by atoms with Crippen LogP contribution in [0.3, 0.4) is 0 Å². The van der Waals surface area contributed by atoms with Crippen molar-refractivity contribution in [2.45, 2.75) is 51.4 Å². The average Bonchev–Trinajstić information content (AvgIpc) is 3.11. The summed E-state index contributed by atoms with van der Waals surface area (Å²) in [6, 6.07) is 2.13. The van der Waals surface area contributed by atoms with Gasteiger partial charge >= 0.3 is 6.09 Å². The lowest BCUT2D eigenvalue weighted by atomic mass is 10.1. The third kappa shape index (κ3) is 2.55. The first-order valence-electron chi connectivity index (χ1n) is 9.18. The van der Waals surface area contributed by atoms with Crippen LogP contribution >= 0.6 is 0 Å². The molecule has 1 aromatic rings. The molecule has 4 heterocycles. The molecule has 0 aliphatic carbocycles. The van der Waals surface area contributed by atoms with Crippen LogP contribution < -0.4 is 15.1 Å². The molecule has 8 heteroatoms. The molecule has 2 bridgehead atoms. The summed E-state index contributed by atoms with van der Waals surface area (Å²) in [5.74, 6) is 1.54. The number of aromatic nitrogens is 1. The normalized spacial score (nSPS) is 24.1. The van der Waals surface area contributed by atoms with Gasteiger partial charge in [-0.15, -0.1) is 0 Å². The summed E-state index contributed by atoms with van der Waals surface area (Å²) in [7, 11) is 1.97. The third-order valence-electron chi connectivity index (χ3n) is 5.90. The number of carbonyl (C=O) groups excluding carboxylic acids is 1. The molecule has 26 heavy (non-hydrogen) atoms. The van der Waals surface area contributed by atoms with Crippen LogP contribution in [0, 0.1) is 0 Å². The minimum Gasteiger partial charge on any atom is -0.465 e. The molecule has 1 aromatic heterocycles. The van der Waals surface area contributed by atoms with Crippen molar-refractivity contribution in [2.75, 3.05) is 29.9 Å². The average molecular weight is 359 g/mol. The first-order valence-corrected chi connectivity index (χ1v) is 9.18. The van der Waals surface area contributed by atoms with Crippen LogP contribution in [0.5, 0.6) is 0 Å². The number of hydrogen-bond donors (Lipinski definition) is 2. The largest absolute Gasteiger partial charge is 0.465 e. The minimum atomic E-state index is -0.833. The predicted molar refractivity (Wildman–Crippen MR) is 97.8 cm³/mol. The number of nitrogens with zero attached hydrogens (tertiary/aromatic N) is 4. The highest BCUT2D eigenvalue weighted by molar-refractivity contribution is 6.00. The van der Waals surface area contributed by atoms with Gasteiger partial charge in [0.05, 0.1) is 17.6 Å². The molecule has 0 spiro atoms. The van der Waals surface area contributed by atoms with Gasteiger partial charge < -0.3 is 20.2 Å². The maximum absolute atomic E-state index is 12.3. The number of fused-ring (bicyclic) bond motifs is 3. The highest BCUT2D eigenvalue weighted by Gasteiger charge is 2.44. The summed E-state index contributed by atoms with van der Waals surface area (Å²) in [5.41, 5.74) is 1.62. The molecular weight excluding hydrogens is 334 g/mol. The molecule has 4 rings (SSSR count). The van der Waals surface area contributed by atoms with E-state index in [1.165, 1.54) is 0 Å². The lowest BCUT2D eigenvalue weighted by Gasteiger charge is -2.40. The van der Waals surface area contributed by atoms with Crippen LogP contribution in [0.15, 0.2) is 6.07 Å². The Balaban J connectivity index is 1.72. The van der Waals surface area contributed by atoms with Gasteiger partial charge in [0, 0.05) is 38.3 Å². The molecule has 2 saturated heterocycles. The van der Waals surface area contributed by atoms with E-state index in [0.29, 0.717) is 25.2 Å². The van der Waals surface area contributed by atoms with Gasteiger partial charge in [0.2, 0.25) is 0 Å². The third-order valence-corrected chi connectivity index (χ3v) is 5.90. The summed E-state index contributed by atoms with van der Waals surface area (Å²) in [6.07, 6.45) is 0.942. The van der Waals surface area contributed by atoms with Crippen molar-refractivity contribution in [3.05, 3.63) is 17.2 Å². The second-order valence-corrected chi connectivity index (χ2v) is 7.70. The fourth-order valence-electron chi connectivity index (χ4n) is 4.28. The Morgan fingerprint density at radius 2 is 2.00 bits per heavy atom. The van der Waals surface area contributed by atoms with Gasteiger partial charge in [0.25, 0.3) is 5.91 Å². The predicted octanol–water partition coefficient (Wildman–Crippen LogP) is 1.50. The topological polar surface area (TPSA) is 89.0 Å². The summed E-state index contributed by atoms with van der Waals surface area (Å²) < 4.78 is 0. The van der Waals surface area contributed by atoms with Crippen LogP contribution in [0.4, 0.5) is 16.4 Å². The highest BCUT2D eigenvalue weighted by atomic mass is 16.4. The first kappa shape index (κ1) is 16.9. The molecule has 2 unspecified atom stereocenters. The maximum Gasteiger partial charge on any atom is 0.407 e. The highest BCUT2D eigenvalue weighted by Crippen LogP contribution is 2.36. The fraction of sp³-hybridized carbons (Fsp3) is 0.611. The van der Waals surface area contributed by atoms with Crippen LogP contribution in [-0.2, 0) is 6.54 Å². The summed E-state index contributed by atoms with van der Waals surface area (Å²) in [6.45, 7) is 5.91. The van der Waals surface area contributed by atoms with Crippen molar-refractivity contribution in [1.82, 2.24) is 15.2 Å². The molecule has 2 amide bonds.